The van der Waals surface area contributed by atoms with E-state index in [-0.39, 0.29) is 11.2 Å². The van der Waals surface area contributed by atoms with Crippen molar-refractivity contribution in [2.45, 2.75) is 33.1 Å². The maximum Gasteiger partial charge on any atom is 0.177 e. The van der Waals surface area contributed by atoms with Gasteiger partial charge in [0.15, 0.2) is 11.6 Å². The van der Waals surface area contributed by atoms with Crippen molar-refractivity contribution in [3.8, 4) is 11.8 Å². The van der Waals surface area contributed by atoms with Crippen LogP contribution in [-0.4, -0.2) is 6.61 Å². The third kappa shape index (κ3) is 4.25. The van der Waals surface area contributed by atoms with Gasteiger partial charge in [0.05, 0.1) is 23.8 Å². The fraction of sp³-hybridized carbons (Fsp3) is 0.500. The van der Waals surface area contributed by atoms with Gasteiger partial charge >= 0.3 is 0 Å². The summed E-state index contributed by atoms with van der Waals surface area (Å²) in [6.45, 7) is 4.22. The molecule has 0 aliphatic heterocycles. The Balaban J connectivity index is 2.33. The van der Waals surface area contributed by atoms with Crippen molar-refractivity contribution >= 4 is 5.69 Å². The number of benzene rings is 1. The molecule has 1 aromatic rings. The molecule has 0 atom stereocenters. The van der Waals surface area contributed by atoms with Crippen molar-refractivity contribution in [1.29, 1.82) is 5.26 Å². The molecule has 18 heavy (non-hydrogen) atoms. The summed E-state index contributed by atoms with van der Waals surface area (Å²) >= 11 is 0. The smallest absolute Gasteiger partial charge is 0.177 e. The molecule has 0 bridgehead atoms. The van der Waals surface area contributed by atoms with Gasteiger partial charge in [-0.3, -0.25) is 0 Å². The van der Waals surface area contributed by atoms with E-state index in [4.69, 9.17) is 15.7 Å². The molecule has 0 saturated heterocycles. The van der Waals surface area contributed by atoms with Crippen LogP contribution in [0.1, 0.15) is 33.1 Å². The van der Waals surface area contributed by atoms with E-state index in [1.807, 2.05) is 13.8 Å². The van der Waals surface area contributed by atoms with Crippen molar-refractivity contribution < 1.29 is 9.13 Å². The molecule has 2 N–H and O–H groups in total. The molecule has 0 aliphatic rings. The molecule has 0 aliphatic carbocycles. The molecule has 1 aromatic carbocycles. The lowest BCUT2D eigenvalue weighted by atomic mass is 9.89. The molecule has 0 aromatic heterocycles. The van der Waals surface area contributed by atoms with Crippen LogP contribution in [0.4, 0.5) is 10.1 Å². The first kappa shape index (κ1) is 14.3. The number of hydrogen-bond donors (Lipinski definition) is 1. The average molecular weight is 250 g/mol. The van der Waals surface area contributed by atoms with E-state index in [1.54, 1.807) is 12.1 Å². The van der Waals surface area contributed by atoms with Crippen LogP contribution in [0.25, 0.3) is 0 Å². The molecule has 3 nitrogen and oxygen atoms in total. The topological polar surface area (TPSA) is 59.0 Å². The summed E-state index contributed by atoms with van der Waals surface area (Å²) in [6.07, 6.45) is 2.45. The Kier molecular flexibility index (Phi) is 4.96. The molecule has 4 heteroatoms. The lowest BCUT2D eigenvalue weighted by Gasteiger charge is -2.14. The van der Waals surface area contributed by atoms with Gasteiger partial charge in [0.1, 0.15) is 0 Å². The second kappa shape index (κ2) is 6.25. The molecule has 0 heterocycles. The number of nitrogen functional groups attached to an aromatic ring is 1. The largest absolute Gasteiger partial charge is 0.488 e. The third-order valence-electron chi connectivity index (χ3n) is 2.74. The number of anilines is 1. The van der Waals surface area contributed by atoms with E-state index in [0.29, 0.717) is 12.3 Å². The van der Waals surface area contributed by atoms with Crippen molar-refractivity contribution in [2.24, 2.45) is 5.41 Å². The fourth-order valence-electron chi connectivity index (χ4n) is 1.58. The highest BCUT2D eigenvalue weighted by Crippen LogP contribution is 2.25. The van der Waals surface area contributed by atoms with Crippen molar-refractivity contribution in [2.75, 3.05) is 12.3 Å². The summed E-state index contributed by atoms with van der Waals surface area (Å²) in [7, 11) is 0. The van der Waals surface area contributed by atoms with E-state index in [9.17, 15) is 4.39 Å². The van der Waals surface area contributed by atoms with Gasteiger partial charge in [-0.15, -0.1) is 0 Å². The summed E-state index contributed by atoms with van der Waals surface area (Å²) in [5.41, 5.74) is 5.62. The quantitative estimate of drug-likeness (QED) is 0.621. The number of hydrogen-bond acceptors (Lipinski definition) is 3. The molecular weight excluding hydrogens is 231 g/mol. The van der Waals surface area contributed by atoms with E-state index in [0.717, 1.165) is 19.3 Å². The van der Waals surface area contributed by atoms with Crippen LogP contribution >= 0.6 is 0 Å². The Hall–Kier alpha value is -1.76. The molecule has 0 spiro atoms. The van der Waals surface area contributed by atoms with Crippen molar-refractivity contribution in [3.63, 3.8) is 0 Å². The zero-order valence-corrected chi connectivity index (χ0v) is 10.9. The van der Waals surface area contributed by atoms with Gasteiger partial charge < -0.3 is 10.5 Å². The highest BCUT2D eigenvalue weighted by molar-refractivity contribution is 5.52. The van der Waals surface area contributed by atoms with E-state index in [2.05, 4.69) is 6.07 Å². The molecule has 0 saturated carbocycles. The zero-order valence-electron chi connectivity index (χ0n) is 10.9. The van der Waals surface area contributed by atoms with Crippen LogP contribution in [0.15, 0.2) is 18.2 Å². The maximum absolute atomic E-state index is 13.4. The molecule has 1 rings (SSSR count). The first-order valence-electron chi connectivity index (χ1n) is 6.04. The van der Waals surface area contributed by atoms with E-state index < -0.39 is 5.82 Å². The van der Waals surface area contributed by atoms with Crippen LogP contribution < -0.4 is 10.5 Å². The number of unbranched alkanes of at least 4 members (excludes halogenated alkanes) is 1. The lowest BCUT2D eigenvalue weighted by molar-refractivity contribution is 0.284. The molecule has 0 radical (unpaired) electrons. The summed E-state index contributed by atoms with van der Waals surface area (Å²) < 4.78 is 18.7. The van der Waals surface area contributed by atoms with Crippen LogP contribution in [0, 0.1) is 22.6 Å². The molecule has 0 unspecified atom stereocenters. The zero-order chi connectivity index (χ0) is 13.6. The second-order valence-corrected chi connectivity index (χ2v) is 4.96. The number of halogens is 1. The van der Waals surface area contributed by atoms with Gasteiger partial charge in [0.2, 0.25) is 0 Å². The Morgan fingerprint density at radius 2 is 2.11 bits per heavy atom. The van der Waals surface area contributed by atoms with E-state index >= 15 is 0 Å². The Morgan fingerprint density at radius 1 is 1.39 bits per heavy atom. The number of rotatable bonds is 6. The first-order valence-corrected chi connectivity index (χ1v) is 6.04. The van der Waals surface area contributed by atoms with Crippen LogP contribution in [-0.2, 0) is 0 Å². The van der Waals surface area contributed by atoms with E-state index in [1.165, 1.54) is 6.07 Å². The van der Waals surface area contributed by atoms with Crippen LogP contribution in [0.3, 0.4) is 0 Å². The summed E-state index contributed by atoms with van der Waals surface area (Å²) in [6, 6.07) is 6.73. The first-order chi connectivity index (χ1) is 8.46. The minimum absolute atomic E-state index is 0.122. The molecular formula is C14H19FN2O. The second-order valence-electron chi connectivity index (χ2n) is 4.96. The highest BCUT2D eigenvalue weighted by Gasteiger charge is 2.15. The van der Waals surface area contributed by atoms with Gasteiger partial charge in [0, 0.05) is 0 Å². The standard InChI is InChI=1S/C14H19FN2O/c1-14(2,10-16)8-3-4-9-18-13-11(15)6-5-7-12(13)17/h5-7H,3-4,8-9,17H2,1-2H3. The minimum atomic E-state index is -0.438. The Morgan fingerprint density at radius 3 is 2.72 bits per heavy atom. The number of nitrogens with two attached hydrogens (primary N) is 1. The molecule has 98 valence electrons. The Bertz CT molecular complexity index is 418. The molecule has 0 fully saturated rings. The van der Waals surface area contributed by atoms with Crippen LogP contribution in [0.2, 0.25) is 0 Å². The SMILES string of the molecule is CC(C)(C#N)CCCCOc1c(N)cccc1F. The third-order valence-corrected chi connectivity index (χ3v) is 2.74. The van der Waals surface area contributed by atoms with Crippen LogP contribution in [0.5, 0.6) is 5.75 Å². The maximum atomic E-state index is 13.4. The van der Waals surface area contributed by atoms with Crippen molar-refractivity contribution in [3.05, 3.63) is 24.0 Å². The Labute approximate surface area is 107 Å². The summed E-state index contributed by atoms with van der Waals surface area (Å²) in [5.74, 6) is -0.315. The lowest BCUT2D eigenvalue weighted by Crippen LogP contribution is -2.09. The minimum Gasteiger partial charge on any atom is -0.488 e. The average Bonchev–Trinajstić information content (AvgIpc) is 2.32. The van der Waals surface area contributed by atoms with Gasteiger partial charge in [-0.2, -0.15) is 5.26 Å². The predicted molar refractivity (Wildman–Crippen MR) is 69.6 cm³/mol. The van der Waals surface area contributed by atoms with Gasteiger partial charge in [-0.25, -0.2) is 4.39 Å². The number of para-hydroxylation sites is 1. The summed E-state index contributed by atoms with van der Waals surface area (Å²) in [5, 5.41) is 8.85. The normalized spacial score (nSPS) is 11.0. The van der Waals surface area contributed by atoms with Gasteiger partial charge in [-0.1, -0.05) is 6.07 Å². The monoisotopic (exact) mass is 250 g/mol. The van der Waals surface area contributed by atoms with Crippen molar-refractivity contribution in [1.82, 2.24) is 0 Å². The number of nitriles is 1. The highest BCUT2D eigenvalue weighted by atomic mass is 19.1. The fourth-order valence-corrected chi connectivity index (χ4v) is 1.58. The molecule has 0 amide bonds. The predicted octanol–water partition coefficient (Wildman–Crippen LogP) is 3.51. The number of nitrogens with zero attached hydrogens (tertiary/aromatic N) is 1. The number of ether oxygens (including phenoxy) is 1. The van der Waals surface area contributed by atoms with Gasteiger partial charge in [-0.05, 0) is 45.2 Å². The van der Waals surface area contributed by atoms with Gasteiger partial charge in [0.25, 0.3) is 0 Å². The summed E-state index contributed by atoms with van der Waals surface area (Å²) in [4.78, 5) is 0.